The molecule has 1 atom stereocenters. The van der Waals surface area contributed by atoms with Gasteiger partial charge in [-0.25, -0.2) is 4.79 Å². The van der Waals surface area contributed by atoms with Gasteiger partial charge in [-0.15, -0.1) is 0 Å². The van der Waals surface area contributed by atoms with Crippen LogP contribution in [-0.4, -0.2) is 30.1 Å². The molecule has 1 heterocycles. The first-order valence-electron chi connectivity index (χ1n) is 11.2. The molecule has 3 aromatic rings. The lowest BCUT2D eigenvalue weighted by Gasteiger charge is -2.23. The third-order valence-corrected chi connectivity index (χ3v) is 5.51. The Bertz CT molecular complexity index is 1030. The van der Waals surface area contributed by atoms with Crippen molar-refractivity contribution in [1.29, 1.82) is 0 Å². The molecule has 33 heavy (non-hydrogen) atoms. The van der Waals surface area contributed by atoms with Crippen molar-refractivity contribution < 1.29 is 19.1 Å². The minimum atomic E-state index is -0.389. The Morgan fingerprint density at radius 2 is 1.61 bits per heavy atom. The van der Waals surface area contributed by atoms with Crippen LogP contribution in [0.3, 0.4) is 0 Å². The Balaban J connectivity index is 1.74. The highest BCUT2D eigenvalue weighted by Gasteiger charge is 2.18. The van der Waals surface area contributed by atoms with Gasteiger partial charge >= 0.3 is 5.97 Å². The molecule has 0 aliphatic rings. The Morgan fingerprint density at radius 1 is 0.939 bits per heavy atom. The summed E-state index contributed by atoms with van der Waals surface area (Å²) in [4.78, 5) is 30.8. The maximum Gasteiger partial charge on any atom is 0.338 e. The van der Waals surface area contributed by atoms with Crippen LogP contribution in [0.5, 0.6) is 5.75 Å². The van der Waals surface area contributed by atoms with Crippen molar-refractivity contribution in [3.8, 4) is 5.75 Å². The summed E-state index contributed by atoms with van der Waals surface area (Å²) >= 11 is 0. The molecule has 0 fully saturated rings. The fourth-order valence-electron chi connectivity index (χ4n) is 3.34. The third-order valence-electron chi connectivity index (χ3n) is 5.51. The summed E-state index contributed by atoms with van der Waals surface area (Å²) in [7, 11) is 0. The van der Waals surface area contributed by atoms with Crippen molar-refractivity contribution in [2.24, 2.45) is 0 Å². The molecule has 0 radical (unpaired) electrons. The Kier molecular flexibility index (Phi) is 8.58. The number of carbonyl (C=O) groups excluding carboxylic acids is 2. The first-order chi connectivity index (χ1) is 16.0. The smallest absolute Gasteiger partial charge is 0.338 e. The molecule has 172 valence electrons. The SMILES string of the molecule is CCOC(=O)c1ccc(N(Cc2ccncc2)C(=O)COc2ccc([C@@H](C)CC)cc2)cc1. The fourth-order valence-corrected chi connectivity index (χ4v) is 3.34. The number of ether oxygens (including phenoxy) is 2. The zero-order chi connectivity index (χ0) is 23.6. The predicted octanol–water partition coefficient (Wildman–Crippen LogP) is 5.38. The van der Waals surface area contributed by atoms with Crippen molar-refractivity contribution in [1.82, 2.24) is 4.98 Å². The van der Waals surface area contributed by atoms with E-state index in [-0.39, 0.29) is 18.5 Å². The Labute approximate surface area is 195 Å². The molecule has 0 spiro atoms. The first kappa shape index (κ1) is 24.0. The largest absolute Gasteiger partial charge is 0.484 e. The number of nitrogens with zero attached hydrogens (tertiary/aromatic N) is 2. The molecule has 1 amide bonds. The van der Waals surface area contributed by atoms with Gasteiger partial charge in [0.05, 0.1) is 18.7 Å². The molecule has 0 aliphatic carbocycles. The number of amides is 1. The molecular weight excluding hydrogens is 416 g/mol. The van der Waals surface area contributed by atoms with Gasteiger partial charge in [0.2, 0.25) is 0 Å². The molecule has 0 saturated heterocycles. The standard InChI is InChI=1S/C27H30N2O4/c1-4-20(3)22-8-12-25(13-9-22)33-19-26(30)29(18-21-14-16-28-17-15-21)24-10-6-23(7-11-24)27(31)32-5-2/h6-17,20H,4-5,18-19H2,1-3H3/t20-/m0/s1. The first-order valence-corrected chi connectivity index (χ1v) is 11.2. The highest BCUT2D eigenvalue weighted by atomic mass is 16.5. The van der Waals surface area contributed by atoms with E-state index in [2.05, 4.69) is 18.8 Å². The van der Waals surface area contributed by atoms with Gasteiger partial charge in [-0.2, -0.15) is 0 Å². The van der Waals surface area contributed by atoms with E-state index < -0.39 is 0 Å². The molecule has 1 aromatic heterocycles. The average Bonchev–Trinajstić information content (AvgIpc) is 2.86. The molecule has 0 saturated carbocycles. The van der Waals surface area contributed by atoms with Crippen LogP contribution < -0.4 is 9.64 Å². The highest BCUT2D eigenvalue weighted by molar-refractivity contribution is 5.95. The summed E-state index contributed by atoms with van der Waals surface area (Å²) in [5.74, 6) is 0.549. The van der Waals surface area contributed by atoms with E-state index in [1.165, 1.54) is 5.56 Å². The van der Waals surface area contributed by atoms with E-state index in [1.807, 2.05) is 36.4 Å². The quantitative estimate of drug-likeness (QED) is 0.391. The van der Waals surface area contributed by atoms with Crippen LogP contribution in [0, 0.1) is 0 Å². The monoisotopic (exact) mass is 446 g/mol. The van der Waals surface area contributed by atoms with Crippen molar-refractivity contribution >= 4 is 17.6 Å². The van der Waals surface area contributed by atoms with Crippen LogP contribution in [0.2, 0.25) is 0 Å². The summed E-state index contributed by atoms with van der Waals surface area (Å²) in [5, 5.41) is 0. The number of esters is 1. The molecule has 0 N–H and O–H groups in total. The van der Waals surface area contributed by atoms with Crippen LogP contribution in [0.1, 0.15) is 54.6 Å². The Hall–Kier alpha value is -3.67. The lowest BCUT2D eigenvalue weighted by atomic mass is 9.99. The van der Waals surface area contributed by atoms with Crippen LogP contribution in [0.15, 0.2) is 73.1 Å². The third kappa shape index (κ3) is 6.65. The van der Waals surface area contributed by atoms with Gasteiger partial charge in [-0.05, 0) is 78.9 Å². The van der Waals surface area contributed by atoms with Crippen LogP contribution >= 0.6 is 0 Å². The summed E-state index contributed by atoms with van der Waals surface area (Å²) in [6, 6.07) is 18.4. The van der Waals surface area contributed by atoms with Gasteiger partial charge in [0, 0.05) is 18.1 Å². The molecule has 0 unspecified atom stereocenters. The zero-order valence-corrected chi connectivity index (χ0v) is 19.4. The summed E-state index contributed by atoms with van der Waals surface area (Å²) in [5.41, 5.74) is 3.29. The van der Waals surface area contributed by atoms with E-state index in [1.54, 1.807) is 48.5 Å². The van der Waals surface area contributed by atoms with Gasteiger partial charge < -0.3 is 14.4 Å². The lowest BCUT2D eigenvalue weighted by molar-refractivity contribution is -0.120. The molecule has 6 heteroatoms. The van der Waals surface area contributed by atoms with Crippen LogP contribution in [-0.2, 0) is 16.1 Å². The zero-order valence-electron chi connectivity index (χ0n) is 19.4. The minimum Gasteiger partial charge on any atom is -0.484 e. The van der Waals surface area contributed by atoms with E-state index in [0.717, 1.165) is 12.0 Å². The number of anilines is 1. The fraction of sp³-hybridized carbons (Fsp3) is 0.296. The summed E-state index contributed by atoms with van der Waals surface area (Å²) in [6.07, 6.45) is 4.45. The van der Waals surface area contributed by atoms with E-state index in [4.69, 9.17) is 9.47 Å². The number of pyridine rings is 1. The minimum absolute atomic E-state index is 0.104. The van der Waals surface area contributed by atoms with E-state index in [9.17, 15) is 9.59 Å². The van der Waals surface area contributed by atoms with Crippen molar-refractivity contribution in [3.05, 3.63) is 89.7 Å². The van der Waals surface area contributed by atoms with Gasteiger partial charge in [0.15, 0.2) is 6.61 Å². The number of rotatable bonds is 10. The number of hydrogen-bond acceptors (Lipinski definition) is 5. The topological polar surface area (TPSA) is 68.7 Å². The highest BCUT2D eigenvalue weighted by Crippen LogP contribution is 2.23. The molecule has 0 aliphatic heterocycles. The second kappa shape index (κ2) is 11.8. The predicted molar refractivity (Wildman–Crippen MR) is 128 cm³/mol. The van der Waals surface area contributed by atoms with Crippen LogP contribution in [0.25, 0.3) is 0 Å². The second-order valence-corrected chi connectivity index (χ2v) is 7.77. The molecular formula is C27H30N2O4. The summed E-state index contributed by atoms with van der Waals surface area (Å²) < 4.78 is 10.8. The molecule has 6 nitrogen and oxygen atoms in total. The Morgan fingerprint density at radius 3 is 2.21 bits per heavy atom. The molecule has 2 aromatic carbocycles. The molecule has 0 bridgehead atoms. The maximum atomic E-state index is 13.2. The van der Waals surface area contributed by atoms with Gasteiger partial charge in [-0.3, -0.25) is 9.78 Å². The van der Waals surface area contributed by atoms with Crippen molar-refractivity contribution in [2.45, 2.75) is 39.7 Å². The van der Waals surface area contributed by atoms with Crippen molar-refractivity contribution in [2.75, 3.05) is 18.1 Å². The summed E-state index contributed by atoms with van der Waals surface area (Å²) in [6.45, 7) is 6.67. The number of hydrogen-bond donors (Lipinski definition) is 0. The molecule has 3 rings (SSSR count). The van der Waals surface area contributed by atoms with Crippen LogP contribution in [0.4, 0.5) is 5.69 Å². The number of aromatic nitrogens is 1. The number of benzene rings is 2. The average molecular weight is 447 g/mol. The van der Waals surface area contributed by atoms with Gasteiger partial charge in [-0.1, -0.05) is 26.0 Å². The lowest BCUT2D eigenvalue weighted by Crippen LogP contribution is -2.34. The second-order valence-electron chi connectivity index (χ2n) is 7.77. The van der Waals surface area contributed by atoms with Gasteiger partial charge in [0.1, 0.15) is 5.75 Å². The van der Waals surface area contributed by atoms with Gasteiger partial charge in [0.25, 0.3) is 5.91 Å². The number of carbonyl (C=O) groups is 2. The van der Waals surface area contributed by atoms with E-state index >= 15 is 0 Å². The van der Waals surface area contributed by atoms with E-state index in [0.29, 0.717) is 36.1 Å². The normalized spacial score (nSPS) is 11.5. The van der Waals surface area contributed by atoms with Crippen molar-refractivity contribution in [3.63, 3.8) is 0 Å². The maximum absolute atomic E-state index is 13.2.